The van der Waals surface area contributed by atoms with E-state index in [-0.39, 0.29) is 18.5 Å². The Hall–Kier alpha value is -3.19. The number of carbonyl (C=O) groups is 1. The fourth-order valence-corrected chi connectivity index (χ4v) is 2.60. The molecule has 0 saturated carbocycles. The zero-order valence-corrected chi connectivity index (χ0v) is 13.9. The summed E-state index contributed by atoms with van der Waals surface area (Å²) in [6, 6.07) is 12.9. The molecule has 26 heavy (non-hydrogen) atoms. The van der Waals surface area contributed by atoms with Gasteiger partial charge in [-0.1, -0.05) is 47.6 Å². The molecule has 0 spiro atoms. The van der Waals surface area contributed by atoms with Gasteiger partial charge in [-0.2, -0.15) is 0 Å². The first-order valence-electron chi connectivity index (χ1n) is 8.04. The molecule has 7 heteroatoms. The lowest BCUT2D eigenvalue weighted by molar-refractivity contribution is -0.0286. The van der Waals surface area contributed by atoms with Gasteiger partial charge in [0, 0.05) is 12.0 Å². The van der Waals surface area contributed by atoms with Crippen molar-refractivity contribution in [2.24, 2.45) is 10.9 Å². The lowest BCUT2D eigenvalue weighted by atomic mass is 9.99. The third kappa shape index (κ3) is 4.25. The molecule has 2 aromatic carbocycles. The average Bonchev–Trinajstić information content (AvgIpc) is 3.12. The highest BCUT2D eigenvalue weighted by atomic mass is 19.1. The third-order valence-corrected chi connectivity index (χ3v) is 3.97. The number of oxime groups is 1. The quantitative estimate of drug-likeness (QED) is 0.636. The molecule has 3 N–H and O–H groups in total. The van der Waals surface area contributed by atoms with Gasteiger partial charge in [-0.3, -0.25) is 5.21 Å². The highest BCUT2D eigenvalue weighted by Gasteiger charge is 2.23. The van der Waals surface area contributed by atoms with Gasteiger partial charge in [0.25, 0.3) is 0 Å². The van der Waals surface area contributed by atoms with Crippen molar-refractivity contribution in [1.29, 1.82) is 0 Å². The van der Waals surface area contributed by atoms with Gasteiger partial charge < -0.3 is 10.6 Å². The molecule has 1 unspecified atom stereocenters. The Morgan fingerprint density at radius 2 is 2.12 bits per heavy atom. The predicted octanol–water partition coefficient (Wildman–Crippen LogP) is 3.47. The molecule has 3 rings (SSSR count). The van der Waals surface area contributed by atoms with Crippen LogP contribution in [0.2, 0.25) is 0 Å². The van der Waals surface area contributed by atoms with Crippen molar-refractivity contribution in [1.82, 2.24) is 5.06 Å². The van der Waals surface area contributed by atoms with Crippen LogP contribution in [0.4, 0.5) is 9.18 Å². The molecule has 0 saturated heterocycles. The largest absolute Gasteiger partial charge is 0.387 e. The minimum Gasteiger partial charge on any atom is -0.387 e. The van der Waals surface area contributed by atoms with Crippen LogP contribution in [-0.4, -0.2) is 28.6 Å². The van der Waals surface area contributed by atoms with Crippen LogP contribution >= 0.6 is 0 Å². The van der Waals surface area contributed by atoms with Crippen molar-refractivity contribution in [3.05, 3.63) is 77.1 Å². The van der Waals surface area contributed by atoms with E-state index in [0.717, 1.165) is 22.4 Å². The molecule has 1 aliphatic rings. The van der Waals surface area contributed by atoms with Gasteiger partial charge in [0.1, 0.15) is 5.82 Å². The summed E-state index contributed by atoms with van der Waals surface area (Å²) >= 11 is 0. The Bertz CT molecular complexity index is 849. The molecule has 1 heterocycles. The number of amides is 2. The van der Waals surface area contributed by atoms with Crippen molar-refractivity contribution < 1.29 is 19.2 Å². The molecule has 6 nitrogen and oxygen atoms in total. The fraction of sp³-hybridized carbons (Fsp3) is 0.158. The Kier molecular flexibility index (Phi) is 5.28. The van der Waals surface area contributed by atoms with Gasteiger partial charge in [-0.25, -0.2) is 14.2 Å². The smallest absolute Gasteiger partial charge is 0.338 e. The summed E-state index contributed by atoms with van der Waals surface area (Å²) in [7, 11) is 0. The molecule has 2 amide bonds. The minimum atomic E-state index is -0.910. The van der Waals surface area contributed by atoms with Gasteiger partial charge in [-0.05, 0) is 29.3 Å². The third-order valence-electron chi connectivity index (χ3n) is 3.97. The molecule has 134 valence electrons. The summed E-state index contributed by atoms with van der Waals surface area (Å²) in [5.41, 5.74) is 8.41. The van der Waals surface area contributed by atoms with E-state index >= 15 is 0 Å². The van der Waals surface area contributed by atoms with Crippen LogP contribution in [0, 0.1) is 5.82 Å². The second kappa shape index (κ2) is 7.79. The molecule has 1 atom stereocenters. The highest BCUT2D eigenvalue weighted by Crippen LogP contribution is 2.29. The van der Waals surface area contributed by atoms with Gasteiger partial charge in [0.05, 0.1) is 12.3 Å². The van der Waals surface area contributed by atoms with E-state index in [0.29, 0.717) is 11.5 Å². The summed E-state index contributed by atoms with van der Waals surface area (Å²) in [5, 5.41) is 13.8. The molecule has 1 aliphatic heterocycles. The number of hydroxylamine groups is 2. The number of nitrogens with two attached hydrogens (primary N) is 1. The van der Waals surface area contributed by atoms with E-state index in [2.05, 4.69) is 5.16 Å². The topological polar surface area (TPSA) is 88.2 Å². The van der Waals surface area contributed by atoms with E-state index in [1.165, 1.54) is 12.1 Å². The Morgan fingerprint density at radius 3 is 2.85 bits per heavy atom. The number of halogens is 1. The van der Waals surface area contributed by atoms with Crippen LogP contribution in [0.5, 0.6) is 0 Å². The molecule has 0 bridgehead atoms. The summed E-state index contributed by atoms with van der Waals surface area (Å²) in [6.45, 7) is -0.00371. The maximum Gasteiger partial charge on any atom is 0.338 e. The zero-order chi connectivity index (χ0) is 18.5. The van der Waals surface area contributed by atoms with E-state index in [1.54, 1.807) is 24.3 Å². The number of rotatable bonds is 5. The SMILES string of the molecule is NC(=O)N(O)C/C=C/c1cccc(C2=NOC(c3ccc(F)cc3)C2)c1. The van der Waals surface area contributed by atoms with Crippen LogP contribution in [0.1, 0.15) is 29.2 Å². The number of benzene rings is 2. The van der Waals surface area contributed by atoms with Crippen LogP contribution in [0.25, 0.3) is 6.08 Å². The number of carbonyl (C=O) groups excluding carboxylic acids is 1. The van der Waals surface area contributed by atoms with Crippen LogP contribution in [-0.2, 0) is 4.84 Å². The summed E-state index contributed by atoms with van der Waals surface area (Å²) in [5.74, 6) is -0.287. The number of nitrogens with zero attached hydrogens (tertiary/aromatic N) is 2. The molecular weight excluding hydrogens is 337 g/mol. The van der Waals surface area contributed by atoms with Crippen molar-refractivity contribution in [3.8, 4) is 0 Å². The van der Waals surface area contributed by atoms with Gasteiger partial charge in [-0.15, -0.1) is 0 Å². The van der Waals surface area contributed by atoms with Crippen molar-refractivity contribution in [2.45, 2.75) is 12.5 Å². The Balaban J connectivity index is 1.66. The summed E-state index contributed by atoms with van der Waals surface area (Å²) in [6.07, 6.45) is 3.75. The first-order chi connectivity index (χ1) is 12.5. The molecular formula is C19H18FN3O3. The van der Waals surface area contributed by atoms with Gasteiger partial charge >= 0.3 is 6.03 Å². The lowest BCUT2D eigenvalue weighted by Crippen LogP contribution is -2.32. The summed E-state index contributed by atoms with van der Waals surface area (Å²) in [4.78, 5) is 16.2. The number of primary amides is 1. The molecule has 0 fully saturated rings. The lowest BCUT2D eigenvalue weighted by Gasteiger charge is -2.08. The van der Waals surface area contributed by atoms with Gasteiger partial charge in [0.15, 0.2) is 6.10 Å². The van der Waals surface area contributed by atoms with Crippen LogP contribution < -0.4 is 5.73 Å². The zero-order valence-electron chi connectivity index (χ0n) is 13.9. The van der Waals surface area contributed by atoms with E-state index in [1.807, 2.05) is 24.3 Å². The molecule has 0 aliphatic carbocycles. The van der Waals surface area contributed by atoms with Gasteiger partial charge in [0.2, 0.25) is 0 Å². The number of hydrogen-bond donors (Lipinski definition) is 2. The fourth-order valence-electron chi connectivity index (χ4n) is 2.60. The Morgan fingerprint density at radius 1 is 1.35 bits per heavy atom. The molecule has 0 aromatic heterocycles. The van der Waals surface area contributed by atoms with Crippen LogP contribution in [0.15, 0.2) is 59.8 Å². The summed E-state index contributed by atoms with van der Waals surface area (Å²) < 4.78 is 13.0. The number of urea groups is 1. The standard InChI is InChI=1S/C19H18FN3O3/c20-16-8-6-14(7-9-16)18-12-17(22-26-18)15-5-1-3-13(11-15)4-2-10-23(25)19(21)24/h1-9,11,18,25H,10,12H2,(H2,21,24)/b4-2+. The highest BCUT2D eigenvalue weighted by molar-refractivity contribution is 6.01. The molecule has 2 aromatic rings. The minimum absolute atomic E-state index is 0.00371. The first-order valence-corrected chi connectivity index (χ1v) is 8.04. The van der Waals surface area contributed by atoms with E-state index < -0.39 is 6.03 Å². The van der Waals surface area contributed by atoms with E-state index in [4.69, 9.17) is 10.6 Å². The average molecular weight is 355 g/mol. The number of hydrogen-bond acceptors (Lipinski definition) is 4. The predicted molar refractivity (Wildman–Crippen MR) is 94.9 cm³/mol. The second-order valence-electron chi connectivity index (χ2n) is 5.84. The van der Waals surface area contributed by atoms with Crippen molar-refractivity contribution in [3.63, 3.8) is 0 Å². The maximum absolute atomic E-state index is 13.0. The maximum atomic E-state index is 13.0. The molecule has 0 radical (unpaired) electrons. The normalized spacial score (nSPS) is 16.4. The Labute approximate surface area is 149 Å². The van der Waals surface area contributed by atoms with Crippen molar-refractivity contribution in [2.75, 3.05) is 6.54 Å². The van der Waals surface area contributed by atoms with Crippen LogP contribution in [0.3, 0.4) is 0 Å². The second-order valence-corrected chi connectivity index (χ2v) is 5.84. The monoisotopic (exact) mass is 355 g/mol. The van der Waals surface area contributed by atoms with E-state index in [9.17, 15) is 14.4 Å². The first kappa shape index (κ1) is 17.6. The van der Waals surface area contributed by atoms with Crippen molar-refractivity contribution >= 4 is 17.8 Å².